The molecule has 3 rings (SSSR count). The molecule has 1 unspecified atom stereocenters. The minimum absolute atomic E-state index is 0.0516. The normalized spacial score (nSPS) is 12.5. The van der Waals surface area contributed by atoms with Gasteiger partial charge in [-0.2, -0.15) is 22.0 Å². The molecule has 0 N–H and O–H groups in total. The Labute approximate surface area is 285 Å². The average Bonchev–Trinajstić information content (AvgIpc) is 3.08. The van der Waals surface area contributed by atoms with Crippen molar-refractivity contribution in [3.8, 4) is 28.0 Å². The lowest BCUT2D eigenvalue weighted by Gasteiger charge is -2.28. The zero-order chi connectivity index (χ0) is 35.9. The highest BCUT2D eigenvalue weighted by molar-refractivity contribution is 5.94. The lowest BCUT2D eigenvalue weighted by Crippen LogP contribution is -2.49. The molecule has 10 heteroatoms. The standard InChI is InChI=1S/C39H47F5O5/c1-3-5-7-9-11-13-15-35(38(40,41)39(42,43)44)49-37(47)30-18-16-29(17-19-30)34-27-31(36(45)46)22-25-33(34)28-20-23-32(24-21-28)48-26-14-12-10-8-6-4-2/h16-25,27,35H,3-15,26H2,1-2H3,(H,45,46)/p-1. The third kappa shape index (κ3) is 11.9. The minimum atomic E-state index is -5.89. The van der Waals surface area contributed by atoms with Gasteiger partial charge in [0.15, 0.2) is 6.10 Å². The maximum absolute atomic E-state index is 14.4. The predicted octanol–water partition coefficient (Wildman–Crippen LogP) is 10.6. The van der Waals surface area contributed by atoms with Crippen LogP contribution < -0.4 is 9.84 Å². The van der Waals surface area contributed by atoms with Crippen LogP contribution in [0.4, 0.5) is 22.0 Å². The van der Waals surface area contributed by atoms with E-state index in [4.69, 9.17) is 9.47 Å². The van der Waals surface area contributed by atoms with Crippen LogP contribution in [-0.4, -0.2) is 36.7 Å². The van der Waals surface area contributed by atoms with Gasteiger partial charge in [0, 0.05) is 0 Å². The van der Waals surface area contributed by atoms with Gasteiger partial charge in [-0.3, -0.25) is 0 Å². The summed E-state index contributed by atoms with van der Waals surface area (Å²) in [5.41, 5.74) is 2.05. The molecule has 0 radical (unpaired) electrons. The van der Waals surface area contributed by atoms with Gasteiger partial charge in [0.05, 0.1) is 18.1 Å². The summed E-state index contributed by atoms with van der Waals surface area (Å²) in [6.45, 7) is 4.77. The van der Waals surface area contributed by atoms with E-state index < -0.39 is 36.6 Å². The number of hydrogen-bond donors (Lipinski definition) is 0. The van der Waals surface area contributed by atoms with Crippen molar-refractivity contribution in [3.05, 3.63) is 77.9 Å². The Hall–Kier alpha value is -3.95. The van der Waals surface area contributed by atoms with E-state index >= 15 is 0 Å². The van der Waals surface area contributed by atoms with E-state index in [2.05, 4.69) is 6.92 Å². The SMILES string of the molecule is CCCCCCCCOc1ccc(-c2ccc(C(=O)[O-])cc2-c2ccc(C(=O)OC(CCCCCCCC)C(F)(F)C(F)(F)F)cc2)cc1. The van der Waals surface area contributed by atoms with Crippen LogP contribution in [0.3, 0.4) is 0 Å². The Morgan fingerprint density at radius 2 is 1.16 bits per heavy atom. The molecular weight excluding hydrogens is 643 g/mol. The maximum Gasteiger partial charge on any atom is 0.457 e. The second kappa shape index (κ2) is 19.3. The molecule has 0 heterocycles. The first kappa shape index (κ1) is 39.5. The quantitative estimate of drug-likeness (QED) is 0.0632. The van der Waals surface area contributed by atoms with Crippen molar-refractivity contribution in [3.63, 3.8) is 0 Å². The lowest BCUT2D eigenvalue weighted by atomic mass is 9.92. The monoisotopic (exact) mass is 689 g/mol. The number of benzene rings is 3. The first-order chi connectivity index (χ1) is 23.4. The molecule has 49 heavy (non-hydrogen) atoms. The number of carbonyl (C=O) groups excluding carboxylic acids is 2. The lowest BCUT2D eigenvalue weighted by molar-refractivity contribution is -0.312. The number of aromatic carboxylic acids is 1. The summed E-state index contributed by atoms with van der Waals surface area (Å²) in [6, 6.07) is 17.2. The molecule has 0 spiro atoms. The van der Waals surface area contributed by atoms with Gasteiger partial charge in [0.2, 0.25) is 0 Å². The van der Waals surface area contributed by atoms with Crippen LogP contribution in [0.5, 0.6) is 5.75 Å². The van der Waals surface area contributed by atoms with Gasteiger partial charge < -0.3 is 19.4 Å². The van der Waals surface area contributed by atoms with Crippen LogP contribution >= 0.6 is 0 Å². The van der Waals surface area contributed by atoms with Gasteiger partial charge in [-0.05, 0) is 77.4 Å². The maximum atomic E-state index is 14.4. The van der Waals surface area contributed by atoms with E-state index in [9.17, 15) is 36.6 Å². The molecule has 0 bridgehead atoms. The number of carboxylic acid groups (broad SMARTS) is 1. The average molecular weight is 690 g/mol. The number of esters is 1. The molecule has 0 aliphatic rings. The summed E-state index contributed by atoms with van der Waals surface area (Å²) in [6.07, 6.45) is 1.60. The molecule has 0 aliphatic carbocycles. The number of alkyl halides is 5. The molecule has 3 aromatic rings. The summed E-state index contributed by atoms with van der Waals surface area (Å²) in [7, 11) is 0. The van der Waals surface area contributed by atoms with E-state index in [1.165, 1.54) is 62.1 Å². The summed E-state index contributed by atoms with van der Waals surface area (Å²) in [4.78, 5) is 24.5. The smallest absolute Gasteiger partial charge is 0.457 e. The van der Waals surface area contributed by atoms with Gasteiger partial charge >= 0.3 is 18.1 Å². The molecule has 0 aromatic heterocycles. The van der Waals surface area contributed by atoms with Gasteiger partial charge in [-0.1, -0.05) is 114 Å². The van der Waals surface area contributed by atoms with Crippen LogP contribution in [0, 0.1) is 0 Å². The predicted molar refractivity (Wildman–Crippen MR) is 179 cm³/mol. The second-order valence-electron chi connectivity index (χ2n) is 12.3. The van der Waals surface area contributed by atoms with Crippen LogP contribution in [0.15, 0.2) is 66.7 Å². The molecule has 268 valence electrons. The molecule has 0 saturated heterocycles. The number of ether oxygens (including phenoxy) is 2. The van der Waals surface area contributed by atoms with Crippen molar-refractivity contribution in [2.45, 2.75) is 116 Å². The van der Waals surface area contributed by atoms with Crippen LogP contribution in [0.25, 0.3) is 22.3 Å². The fraction of sp³-hybridized carbons (Fsp3) is 0.487. The van der Waals surface area contributed by atoms with Gasteiger partial charge in [0.25, 0.3) is 0 Å². The molecule has 1 atom stereocenters. The zero-order valence-corrected chi connectivity index (χ0v) is 28.3. The molecule has 0 aliphatic heterocycles. The summed E-state index contributed by atoms with van der Waals surface area (Å²) >= 11 is 0. The summed E-state index contributed by atoms with van der Waals surface area (Å²) in [5.74, 6) is -7.24. The molecular formula is C39H46F5O5-. The van der Waals surface area contributed by atoms with Crippen molar-refractivity contribution in [1.29, 1.82) is 0 Å². The van der Waals surface area contributed by atoms with Crippen molar-refractivity contribution in [2.75, 3.05) is 6.61 Å². The van der Waals surface area contributed by atoms with Crippen LogP contribution in [0.1, 0.15) is 118 Å². The molecule has 0 amide bonds. The number of unbranched alkanes of at least 4 members (excludes halogenated alkanes) is 10. The highest BCUT2D eigenvalue weighted by Gasteiger charge is 2.63. The van der Waals surface area contributed by atoms with Gasteiger partial charge in [-0.15, -0.1) is 0 Å². The highest BCUT2D eigenvalue weighted by atomic mass is 19.4. The minimum Gasteiger partial charge on any atom is -0.545 e. The molecule has 3 aromatic carbocycles. The van der Waals surface area contributed by atoms with E-state index in [0.717, 1.165) is 37.7 Å². The van der Waals surface area contributed by atoms with Gasteiger partial charge in [0.1, 0.15) is 5.75 Å². The number of rotatable bonds is 21. The van der Waals surface area contributed by atoms with E-state index in [0.29, 0.717) is 41.9 Å². The Balaban J connectivity index is 1.77. The third-order valence-electron chi connectivity index (χ3n) is 8.47. The summed E-state index contributed by atoms with van der Waals surface area (Å²) < 4.78 is 79.2. The second-order valence-corrected chi connectivity index (χ2v) is 12.3. The third-order valence-corrected chi connectivity index (χ3v) is 8.47. The van der Waals surface area contributed by atoms with Gasteiger partial charge in [-0.25, -0.2) is 4.79 Å². The molecule has 5 nitrogen and oxygen atoms in total. The Kier molecular flexibility index (Phi) is 15.5. The Morgan fingerprint density at radius 3 is 1.73 bits per heavy atom. The van der Waals surface area contributed by atoms with Crippen molar-refractivity contribution in [2.24, 2.45) is 0 Å². The number of halogens is 5. The van der Waals surface area contributed by atoms with Crippen LogP contribution in [0.2, 0.25) is 0 Å². The van der Waals surface area contributed by atoms with Crippen molar-refractivity contribution in [1.82, 2.24) is 0 Å². The number of carboxylic acids is 1. The Morgan fingerprint density at radius 1 is 0.653 bits per heavy atom. The van der Waals surface area contributed by atoms with Crippen molar-refractivity contribution >= 4 is 11.9 Å². The largest absolute Gasteiger partial charge is 0.545 e. The zero-order valence-electron chi connectivity index (χ0n) is 28.3. The van der Waals surface area contributed by atoms with Crippen LogP contribution in [-0.2, 0) is 4.74 Å². The van der Waals surface area contributed by atoms with E-state index in [1.807, 2.05) is 31.2 Å². The highest BCUT2D eigenvalue weighted by Crippen LogP contribution is 2.41. The van der Waals surface area contributed by atoms with E-state index in [1.54, 1.807) is 6.07 Å². The molecule has 0 saturated carbocycles. The number of hydrogen-bond acceptors (Lipinski definition) is 5. The van der Waals surface area contributed by atoms with E-state index in [-0.39, 0.29) is 17.5 Å². The first-order valence-electron chi connectivity index (χ1n) is 17.2. The first-order valence-corrected chi connectivity index (χ1v) is 17.2. The van der Waals surface area contributed by atoms with Crippen molar-refractivity contribution < 1.29 is 46.1 Å². The number of carbonyl (C=O) groups is 2. The molecule has 0 fully saturated rings. The Bertz CT molecular complexity index is 1450. The topological polar surface area (TPSA) is 75.7 Å². The summed E-state index contributed by atoms with van der Waals surface area (Å²) in [5, 5.41) is 11.7. The fourth-order valence-electron chi connectivity index (χ4n) is 5.55. The fourth-order valence-corrected chi connectivity index (χ4v) is 5.55.